The van der Waals surface area contributed by atoms with Crippen molar-refractivity contribution in [3.8, 4) is 5.75 Å². The van der Waals surface area contributed by atoms with Crippen LogP contribution in [-0.2, 0) is 11.3 Å². The highest BCUT2D eigenvalue weighted by molar-refractivity contribution is 5.32. The van der Waals surface area contributed by atoms with Gasteiger partial charge in [0.1, 0.15) is 17.3 Å². The van der Waals surface area contributed by atoms with Crippen molar-refractivity contribution in [2.24, 2.45) is 0 Å². The van der Waals surface area contributed by atoms with Crippen molar-refractivity contribution in [1.82, 2.24) is 0 Å². The molecule has 0 spiro atoms. The maximum Gasteiger partial charge on any atom is 0.128 e. The summed E-state index contributed by atoms with van der Waals surface area (Å²) < 4.78 is 24.9. The van der Waals surface area contributed by atoms with Crippen LogP contribution in [0.3, 0.4) is 0 Å². The molecule has 0 aliphatic rings. The van der Waals surface area contributed by atoms with Crippen LogP contribution in [-0.4, -0.2) is 6.61 Å². The number of hydrogen-bond acceptors (Lipinski definition) is 2. The Kier molecular flexibility index (Phi) is 7.76. The molecule has 0 fully saturated rings. The van der Waals surface area contributed by atoms with Gasteiger partial charge in [0.25, 0.3) is 0 Å². The molecule has 21 heavy (non-hydrogen) atoms. The smallest absolute Gasteiger partial charge is 0.128 e. The fourth-order valence-corrected chi connectivity index (χ4v) is 1.90. The Hall–Kier alpha value is -1.61. The van der Waals surface area contributed by atoms with Crippen LogP contribution < -0.4 is 4.74 Å². The van der Waals surface area contributed by atoms with Gasteiger partial charge < -0.3 is 9.47 Å². The second-order valence-corrected chi connectivity index (χ2v) is 4.76. The summed E-state index contributed by atoms with van der Waals surface area (Å²) in [6.07, 6.45) is 5.93. The average Bonchev–Trinajstić information content (AvgIpc) is 2.50. The lowest BCUT2D eigenvalue weighted by molar-refractivity contribution is 0.131. The second kappa shape index (κ2) is 9.35. The van der Waals surface area contributed by atoms with E-state index in [2.05, 4.69) is 19.1 Å². The van der Waals surface area contributed by atoms with Crippen LogP contribution in [0.1, 0.15) is 46.1 Å². The lowest BCUT2D eigenvalue weighted by atomic mass is 10.2. The van der Waals surface area contributed by atoms with Gasteiger partial charge in [0.2, 0.25) is 0 Å². The van der Waals surface area contributed by atoms with Gasteiger partial charge in [-0.25, -0.2) is 4.39 Å². The number of benzene rings is 1. The van der Waals surface area contributed by atoms with E-state index in [9.17, 15) is 4.39 Å². The highest BCUT2D eigenvalue weighted by Crippen LogP contribution is 2.22. The molecule has 0 heterocycles. The fourth-order valence-electron chi connectivity index (χ4n) is 1.90. The predicted molar refractivity (Wildman–Crippen MR) is 84.8 cm³/mol. The minimum atomic E-state index is -0.263. The van der Waals surface area contributed by atoms with E-state index in [0.717, 1.165) is 24.2 Å². The molecule has 0 saturated heterocycles. The van der Waals surface area contributed by atoms with Crippen molar-refractivity contribution in [3.63, 3.8) is 0 Å². The van der Waals surface area contributed by atoms with E-state index < -0.39 is 0 Å². The molecule has 0 N–H and O–H groups in total. The van der Waals surface area contributed by atoms with Crippen molar-refractivity contribution in [2.45, 2.75) is 47.1 Å². The lowest BCUT2D eigenvalue weighted by Gasteiger charge is -2.12. The van der Waals surface area contributed by atoms with Crippen molar-refractivity contribution < 1.29 is 13.9 Å². The summed E-state index contributed by atoms with van der Waals surface area (Å²) >= 11 is 0. The molecule has 3 heteroatoms. The monoisotopic (exact) mass is 292 g/mol. The molecule has 0 aromatic heterocycles. The van der Waals surface area contributed by atoms with E-state index in [4.69, 9.17) is 9.47 Å². The molecule has 0 saturated carbocycles. The molecule has 116 valence electrons. The van der Waals surface area contributed by atoms with Gasteiger partial charge in [-0.15, -0.1) is 0 Å². The quantitative estimate of drug-likeness (QED) is 0.472. The van der Waals surface area contributed by atoms with Gasteiger partial charge in [-0.3, -0.25) is 0 Å². The molecule has 0 bridgehead atoms. The van der Waals surface area contributed by atoms with E-state index in [0.29, 0.717) is 17.9 Å². The Morgan fingerprint density at radius 1 is 1.24 bits per heavy atom. The molecule has 0 radical (unpaired) electrons. The van der Waals surface area contributed by atoms with E-state index in [1.165, 1.54) is 6.07 Å². The van der Waals surface area contributed by atoms with Crippen LogP contribution in [0, 0.1) is 5.82 Å². The summed E-state index contributed by atoms with van der Waals surface area (Å²) in [5.41, 5.74) is 1.61. The summed E-state index contributed by atoms with van der Waals surface area (Å²) in [4.78, 5) is 0. The Bertz CT molecular complexity index is 504. The highest BCUT2D eigenvalue weighted by Gasteiger charge is 2.07. The summed E-state index contributed by atoms with van der Waals surface area (Å²) in [6, 6.07) is 4.78. The molecule has 0 aliphatic carbocycles. The topological polar surface area (TPSA) is 18.5 Å². The van der Waals surface area contributed by atoms with E-state index >= 15 is 0 Å². The third kappa shape index (κ3) is 5.72. The van der Waals surface area contributed by atoms with Crippen molar-refractivity contribution in [2.75, 3.05) is 6.61 Å². The fraction of sp³-hybridized carbons (Fsp3) is 0.444. The molecule has 0 amide bonds. The van der Waals surface area contributed by atoms with E-state index in [1.54, 1.807) is 12.1 Å². The van der Waals surface area contributed by atoms with Crippen molar-refractivity contribution in [3.05, 3.63) is 53.1 Å². The molecule has 0 aliphatic heterocycles. The SMILES string of the molecule is CC/C=C/C(C)=C(\CC)Oc1ccc(F)c(COCC)c1. The molecule has 1 aromatic carbocycles. The van der Waals surface area contributed by atoms with Gasteiger partial charge in [-0.1, -0.05) is 26.0 Å². The number of ether oxygens (including phenoxy) is 2. The van der Waals surface area contributed by atoms with Gasteiger partial charge in [0, 0.05) is 18.6 Å². The van der Waals surface area contributed by atoms with Gasteiger partial charge in [0.05, 0.1) is 6.61 Å². The normalized spacial score (nSPS) is 12.6. The molecule has 0 atom stereocenters. The van der Waals surface area contributed by atoms with Crippen molar-refractivity contribution in [1.29, 1.82) is 0 Å². The molecule has 1 rings (SSSR count). The zero-order valence-corrected chi connectivity index (χ0v) is 13.4. The first-order chi connectivity index (χ1) is 10.1. The van der Waals surface area contributed by atoms with Gasteiger partial charge in [-0.2, -0.15) is 0 Å². The first-order valence-corrected chi connectivity index (χ1v) is 7.52. The maximum absolute atomic E-state index is 13.7. The summed E-state index contributed by atoms with van der Waals surface area (Å²) in [6.45, 7) is 8.87. The second-order valence-electron chi connectivity index (χ2n) is 4.76. The first-order valence-electron chi connectivity index (χ1n) is 7.52. The molecular formula is C18H25FO2. The number of hydrogen-bond donors (Lipinski definition) is 0. The zero-order valence-electron chi connectivity index (χ0n) is 13.4. The van der Waals surface area contributed by atoms with Crippen LogP contribution in [0.2, 0.25) is 0 Å². The standard InChI is InChI=1S/C18H25FO2/c1-5-8-9-14(4)18(6-2)21-16-10-11-17(19)15(12-16)13-20-7-3/h8-12H,5-7,13H2,1-4H3/b9-8+,18-14+. The van der Waals surface area contributed by atoms with E-state index in [1.807, 2.05) is 20.8 Å². The minimum Gasteiger partial charge on any atom is -0.461 e. The van der Waals surface area contributed by atoms with Crippen molar-refractivity contribution >= 4 is 0 Å². The van der Waals surface area contributed by atoms with Gasteiger partial charge >= 0.3 is 0 Å². The summed E-state index contributed by atoms with van der Waals surface area (Å²) in [7, 11) is 0. The largest absolute Gasteiger partial charge is 0.461 e. The van der Waals surface area contributed by atoms with Gasteiger partial charge in [0.15, 0.2) is 0 Å². The number of halogens is 1. The molecule has 1 aromatic rings. The third-order valence-electron chi connectivity index (χ3n) is 3.08. The maximum atomic E-state index is 13.7. The number of rotatable bonds is 8. The Morgan fingerprint density at radius 3 is 2.62 bits per heavy atom. The molecular weight excluding hydrogens is 267 g/mol. The minimum absolute atomic E-state index is 0.263. The van der Waals surface area contributed by atoms with Crippen LogP contribution in [0.5, 0.6) is 5.75 Å². The Balaban J connectivity index is 2.92. The summed E-state index contributed by atoms with van der Waals surface area (Å²) in [5, 5.41) is 0. The van der Waals surface area contributed by atoms with Crippen LogP contribution in [0.25, 0.3) is 0 Å². The summed E-state index contributed by atoms with van der Waals surface area (Å²) in [5.74, 6) is 1.28. The Labute approximate surface area is 127 Å². The van der Waals surface area contributed by atoms with Crippen LogP contribution >= 0.6 is 0 Å². The predicted octanol–water partition coefficient (Wildman–Crippen LogP) is 5.39. The highest BCUT2D eigenvalue weighted by atomic mass is 19.1. The van der Waals surface area contributed by atoms with Gasteiger partial charge in [-0.05, 0) is 44.0 Å². The molecule has 2 nitrogen and oxygen atoms in total. The van der Waals surface area contributed by atoms with E-state index in [-0.39, 0.29) is 12.4 Å². The third-order valence-corrected chi connectivity index (χ3v) is 3.08. The van der Waals surface area contributed by atoms with Crippen LogP contribution in [0.4, 0.5) is 4.39 Å². The first kappa shape index (κ1) is 17.4. The molecule has 0 unspecified atom stereocenters. The Morgan fingerprint density at radius 2 is 2.00 bits per heavy atom. The van der Waals surface area contributed by atoms with Crippen LogP contribution in [0.15, 0.2) is 41.7 Å². The zero-order chi connectivity index (χ0) is 15.7. The average molecular weight is 292 g/mol. The number of allylic oxidation sites excluding steroid dienone is 4. The lowest BCUT2D eigenvalue weighted by Crippen LogP contribution is -2.00.